The molecule has 1 atom stereocenters. The van der Waals surface area contributed by atoms with E-state index in [2.05, 4.69) is 15.9 Å². The Morgan fingerprint density at radius 1 is 1.45 bits per heavy atom. The monoisotopic (exact) mass is 384 g/mol. The topological polar surface area (TPSA) is 55.8 Å². The van der Waals surface area contributed by atoms with Gasteiger partial charge in [0.15, 0.2) is 11.5 Å². The van der Waals surface area contributed by atoms with Crippen LogP contribution in [0.2, 0.25) is 0 Å². The van der Waals surface area contributed by atoms with Crippen LogP contribution in [0.1, 0.15) is 23.3 Å². The van der Waals surface area contributed by atoms with E-state index in [0.29, 0.717) is 24.5 Å². The molecule has 0 bridgehead atoms. The first-order chi connectivity index (χ1) is 10.6. The average Bonchev–Trinajstić information content (AvgIpc) is 3.00. The molecule has 0 fully saturated rings. The second-order valence-electron chi connectivity index (χ2n) is 4.65. The maximum Gasteiger partial charge on any atom is 0.312 e. The van der Waals surface area contributed by atoms with E-state index in [1.807, 2.05) is 36.6 Å². The Hall–Kier alpha value is -1.53. The minimum atomic E-state index is -0.827. The second-order valence-corrected chi connectivity index (χ2v) is 6.49. The first kappa shape index (κ1) is 16.8. The first-order valence-corrected chi connectivity index (χ1v) is 8.49. The van der Waals surface area contributed by atoms with Gasteiger partial charge in [-0.25, -0.2) is 0 Å². The molecule has 0 aliphatic heterocycles. The molecule has 4 nitrogen and oxygen atoms in total. The van der Waals surface area contributed by atoms with Crippen molar-refractivity contribution in [3.63, 3.8) is 0 Å². The van der Waals surface area contributed by atoms with Gasteiger partial charge in [0.1, 0.15) is 0 Å². The van der Waals surface area contributed by atoms with Crippen molar-refractivity contribution in [3.8, 4) is 11.5 Å². The van der Waals surface area contributed by atoms with Gasteiger partial charge in [-0.15, -0.1) is 11.3 Å². The highest BCUT2D eigenvalue weighted by molar-refractivity contribution is 9.10. The summed E-state index contributed by atoms with van der Waals surface area (Å²) in [5.41, 5.74) is 0.882. The number of carboxylic acid groups (broad SMARTS) is 1. The highest BCUT2D eigenvalue weighted by Gasteiger charge is 2.22. The minimum absolute atomic E-state index is 0.400. The van der Waals surface area contributed by atoms with Gasteiger partial charge in [-0.05, 0) is 58.4 Å². The third-order valence-corrected chi connectivity index (χ3v) is 4.78. The van der Waals surface area contributed by atoms with Gasteiger partial charge in [0.05, 0.1) is 24.1 Å². The molecule has 6 heteroatoms. The van der Waals surface area contributed by atoms with Crippen LogP contribution in [0.4, 0.5) is 0 Å². The van der Waals surface area contributed by atoms with E-state index in [1.54, 1.807) is 7.11 Å². The molecule has 2 rings (SSSR count). The van der Waals surface area contributed by atoms with Crippen molar-refractivity contribution in [2.75, 3.05) is 13.7 Å². The number of methoxy groups -OCH3 is 1. The molecule has 1 aromatic carbocycles. The normalized spacial score (nSPS) is 12.0. The smallest absolute Gasteiger partial charge is 0.312 e. The Morgan fingerprint density at radius 2 is 2.23 bits per heavy atom. The molecule has 1 aromatic heterocycles. The summed E-state index contributed by atoms with van der Waals surface area (Å²) < 4.78 is 11.7. The van der Waals surface area contributed by atoms with E-state index < -0.39 is 11.9 Å². The summed E-state index contributed by atoms with van der Waals surface area (Å²) in [5, 5.41) is 11.4. The summed E-state index contributed by atoms with van der Waals surface area (Å²) in [6.07, 6.45) is 0.400. The molecule has 2 aromatic rings. The average molecular weight is 385 g/mol. The minimum Gasteiger partial charge on any atom is -0.493 e. The van der Waals surface area contributed by atoms with Crippen molar-refractivity contribution in [2.24, 2.45) is 0 Å². The zero-order chi connectivity index (χ0) is 16.1. The van der Waals surface area contributed by atoms with Crippen molar-refractivity contribution < 1.29 is 19.4 Å². The van der Waals surface area contributed by atoms with Crippen LogP contribution in [-0.2, 0) is 11.2 Å². The van der Waals surface area contributed by atoms with E-state index in [-0.39, 0.29) is 0 Å². The SMILES string of the molecule is CCOc1c(Br)cc(CC(C(=O)O)c2cccs2)cc1OC. The molecule has 1 heterocycles. The van der Waals surface area contributed by atoms with Gasteiger partial charge in [-0.3, -0.25) is 4.79 Å². The summed E-state index contributed by atoms with van der Waals surface area (Å²) in [6, 6.07) is 7.44. The lowest BCUT2D eigenvalue weighted by Crippen LogP contribution is -2.13. The van der Waals surface area contributed by atoms with Crippen LogP contribution in [0.5, 0.6) is 11.5 Å². The summed E-state index contributed by atoms with van der Waals surface area (Å²) in [5.74, 6) is -0.153. The number of rotatable bonds is 7. The molecule has 1 unspecified atom stereocenters. The summed E-state index contributed by atoms with van der Waals surface area (Å²) in [4.78, 5) is 12.4. The first-order valence-electron chi connectivity index (χ1n) is 6.82. The molecule has 22 heavy (non-hydrogen) atoms. The van der Waals surface area contributed by atoms with E-state index in [0.717, 1.165) is 14.9 Å². The number of aliphatic carboxylic acids is 1. The molecule has 1 N–H and O–H groups in total. The zero-order valence-electron chi connectivity index (χ0n) is 12.3. The molecular formula is C16H17BrO4S. The summed E-state index contributed by atoms with van der Waals surface area (Å²) >= 11 is 4.92. The maximum atomic E-state index is 11.6. The fourth-order valence-corrected chi connectivity index (χ4v) is 3.63. The van der Waals surface area contributed by atoms with Gasteiger partial charge in [-0.1, -0.05) is 6.07 Å². The van der Waals surface area contributed by atoms with Crippen molar-refractivity contribution in [1.82, 2.24) is 0 Å². The summed E-state index contributed by atoms with van der Waals surface area (Å²) in [7, 11) is 1.57. The number of hydrogen-bond acceptors (Lipinski definition) is 4. The van der Waals surface area contributed by atoms with Gasteiger partial charge >= 0.3 is 5.97 Å². The fraction of sp³-hybridized carbons (Fsp3) is 0.312. The molecule has 0 saturated carbocycles. The van der Waals surface area contributed by atoms with Crippen LogP contribution in [0.15, 0.2) is 34.1 Å². The number of benzene rings is 1. The third kappa shape index (κ3) is 3.81. The van der Waals surface area contributed by atoms with Crippen LogP contribution < -0.4 is 9.47 Å². The lowest BCUT2D eigenvalue weighted by molar-refractivity contribution is -0.138. The molecule has 0 saturated heterocycles. The lowest BCUT2D eigenvalue weighted by atomic mass is 9.97. The number of halogens is 1. The molecule has 0 aliphatic rings. The highest BCUT2D eigenvalue weighted by Crippen LogP contribution is 2.38. The van der Waals surface area contributed by atoms with Gasteiger partial charge < -0.3 is 14.6 Å². The largest absolute Gasteiger partial charge is 0.493 e. The fourth-order valence-electron chi connectivity index (χ4n) is 2.21. The van der Waals surface area contributed by atoms with Gasteiger partial charge in [-0.2, -0.15) is 0 Å². The standard InChI is InChI=1S/C16H17BrO4S/c1-3-21-15-12(17)8-10(9-13(15)20-2)7-11(16(18)19)14-5-4-6-22-14/h4-6,8-9,11H,3,7H2,1-2H3,(H,18,19). The van der Waals surface area contributed by atoms with Crippen LogP contribution in [0.25, 0.3) is 0 Å². The Morgan fingerprint density at radius 3 is 2.77 bits per heavy atom. The molecule has 0 radical (unpaired) electrons. The van der Waals surface area contributed by atoms with E-state index >= 15 is 0 Å². The Kier molecular flexibility index (Phi) is 5.85. The Labute approximate surface area is 141 Å². The predicted molar refractivity (Wildman–Crippen MR) is 90.3 cm³/mol. The van der Waals surface area contributed by atoms with Crippen LogP contribution in [-0.4, -0.2) is 24.8 Å². The quantitative estimate of drug-likeness (QED) is 0.771. The number of carboxylic acids is 1. The third-order valence-electron chi connectivity index (χ3n) is 3.20. The van der Waals surface area contributed by atoms with E-state index in [1.165, 1.54) is 11.3 Å². The number of thiophene rings is 1. The molecule has 0 amide bonds. The van der Waals surface area contributed by atoms with Crippen molar-refractivity contribution in [2.45, 2.75) is 19.3 Å². The lowest BCUT2D eigenvalue weighted by Gasteiger charge is -2.15. The zero-order valence-corrected chi connectivity index (χ0v) is 14.7. The molecule has 0 aliphatic carbocycles. The number of ether oxygens (including phenoxy) is 2. The van der Waals surface area contributed by atoms with Crippen molar-refractivity contribution in [1.29, 1.82) is 0 Å². The molecular weight excluding hydrogens is 368 g/mol. The van der Waals surface area contributed by atoms with Crippen LogP contribution >= 0.6 is 27.3 Å². The van der Waals surface area contributed by atoms with Gasteiger partial charge in [0, 0.05) is 4.88 Å². The Bertz CT molecular complexity index is 640. The van der Waals surface area contributed by atoms with Crippen molar-refractivity contribution >= 4 is 33.2 Å². The molecule has 118 valence electrons. The van der Waals surface area contributed by atoms with E-state index in [9.17, 15) is 9.90 Å². The molecule has 0 spiro atoms. The van der Waals surface area contributed by atoms with Gasteiger partial charge in [0.25, 0.3) is 0 Å². The summed E-state index contributed by atoms with van der Waals surface area (Å²) in [6.45, 7) is 2.43. The van der Waals surface area contributed by atoms with E-state index in [4.69, 9.17) is 9.47 Å². The van der Waals surface area contributed by atoms with Crippen molar-refractivity contribution in [3.05, 3.63) is 44.6 Å². The van der Waals surface area contributed by atoms with Crippen LogP contribution in [0, 0.1) is 0 Å². The van der Waals surface area contributed by atoms with Gasteiger partial charge in [0.2, 0.25) is 0 Å². The highest BCUT2D eigenvalue weighted by atomic mass is 79.9. The Balaban J connectivity index is 2.32. The number of hydrogen-bond donors (Lipinski definition) is 1. The maximum absolute atomic E-state index is 11.6. The number of carbonyl (C=O) groups is 1. The second kappa shape index (κ2) is 7.65. The van der Waals surface area contributed by atoms with Crippen LogP contribution in [0.3, 0.4) is 0 Å². The predicted octanol–water partition coefficient (Wildman–Crippen LogP) is 4.33.